The largest absolute Gasteiger partial charge is 0.0613 e. The first-order valence-corrected chi connectivity index (χ1v) is 10.5. The summed E-state index contributed by atoms with van der Waals surface area (Å²) in [5, 5.41) is 6.20. The van der Waals surface area contributed by atoms with Crippen molar-refractivity contribution in [3.05, 3.63) is 81.9 Å². The van der Waals surface area contributed by atoms with E-state index in [0.29, 0.717) is 0 Å². The molecule has 0 spiro atoms. The van der Waals surface area contributed by atoms with Crippen LogP contribution in [0.4, 0.5) is 0 Å². The van der Waals surface area contributed by atoms with Gasteiger partial charge in [-0.1, -0.05) is 48.5 Å². The highest BCUT2D eigenvalue weighted by Crippen LogP contribution is 2.48. The van der Waals surface area contributed by atoms with Crippen molar-refractivity contribution < 1.29 is 0 Å². The van der Waals surface area contributed by atoms with Crippen LogP contribution < -0.4 is 0 Å². The SMILES string of the molecule is c1cc2c3c(cc4c(c3c1)Cc1c-4cc3c4c(cccc14)CCC3)CCC2. The van der Waals surface area contributed by atoms with Gasteiger partial charge in [0, 0.05) is 0 Å². The van der Waals surface area contributed by atoms with Gasteiger partial charge in [-0.05, 0) is 111 Å². The zero-order valence-corrected chi connectivity index (χ0v) is 15.6. The third kappa shape index (κ3) is 1.79. The predicted octanol–water partition coefficient (Wildman–Crippen LogP) is 6.54. The Hall–Kier alpha value is -2.60. The standard InChI is InChI=1S/C27H22/c1-5-16-7-3-11-20-24-15-25-21-12-4-8-17-6-2-10-19(27(17)21)14-23(25)22(24)13-18(9-1)26(16)20/h3-4,7-8,11-14H,1-2,5-6,9-10,15H2. The van der Waals surface area contributed by atoms with E-state index in [9.17, 15) is 0 Å². The molecule has 3 aliphatic rings. The van der Waals surface area contributed by atoms with E-state index in [4.69, 9.17) is 0 Å². The van der Waals surface area contributed by atoms with Crippen molar-refractivity contribution in [2.75, 3.05) is 0 Å². The maximum Gasteiger partial charge on any atom is -0.000111 e. The lowest BCUT2D eigenvalue weighted by atomic mass is 9.84. The lowest BCUT2D eigenvalue weighted by molar-refractivity contribution is 0.807. The molecular formula is C27H22. The molecular weight excluding hydrogens is 324 g/mol. The molecule has 0 heterocycles. The number of hydrogen-bond donors (Lipinski definition) is 0. The van der Waals surface area contributed by atoms with E-state index >= 15 is 0 Å². The summed E-state index contributed by atoms with van der Waals surface area (Å²) in [6, 6.07) is 19.1. The summed E-state index contributed by atoms with van der Waals surface area (Å²) < 4.78 is 0. The Kier molecular flexibility index (Phi) is 2.68. The molecule has 0 amide bonds. The van der Waals surface area contributed by atoms with Crippen LogP contribution in [0.15, 0.2) is 48.5 Å². The Morgan fingerprint density at radius 1 is 0.519 bits per heavy atom. The maximum atomic E-state index is 2.55. The molecule has 130 valence electrons. The van der Waals surface area contributed by atoms with Crippen molar-refractivity contribution in [2.45, 2.75) is 44.9 Å². The molecule has 7 rings (SSSR count). The number of hydrogen-bond acceptors (Lipinski definition) is 0. The molecule has 0 nitrogen and oxygen atoms in total. The Labute approximate surface area is 159 Å². The smallest absolute Gasteiger partial charge is 0.000111 e. The van der Waals surface area contributed by atoms with Gasteiger partial charge in [0.2, 0.25) is 0 Å². The van der Waals surface area contributed by atoms with Crippen LogP contribution >= 0.6 is 0 Å². The van der Waals surface area contributed by atoms with E-state index in [2.05, 4.69) is 48.5 Å². The Morgan fingerprint density at radius 3 is 1.52 bits per heavy atom. The first-order chi connectivity index (χ1) is 13.4. The van der Waals surface area contributed by atoms with Crippen LogP contribution in [0.2, 0.25) is 0 Å². The summed E-state index contributed by atoms with van der Waals surface area (Å²) in [6.07, 6.45) is 8.65. The van der Waals surface area contributed by atoms with E-state index in [1.807, 2.05) is 0 Å². The average molecular weight is 346 g/mol. The van der Waals surface area contributed by atoms with Crippen molar-refractivity contribution in [1.29, 1.82) is 0 Å². The van der Waals surface area contributed by atoms with E-state index in [1.54, 1.807) is 44.2 Å². The monoisotopic (exact) mass is 346 g/mol. The molecule has 0 heteroatoms. The summed E-state index contributed by atoms with van der Waals surface area (Å²) in [5.41, 5.74) is 12.5. The first-order valence-electron chi connectivity index (χ1n) is 10.5. The van der Waals surface area contributed by atoms with Crippen LogP contribution in [0.25, 0.3) is 32.7 Å². The zero-order chi connectivity index (χ0) is 17.5. The number of fused-ring (bicyclic) bond motifs is 5. The number of rotatable bonds is 0. The van der Waals surface area contributed by atoms with Gasteiger partial charge >= 0.3 is 0 Å². The topological polar surface area (TPSA) is 0 Å². The number of benzene rings is 4. The second kappa shape index (κ2) is 5.01. The van der Waals surface area contributed by atoms with Crippen LogP contribution in [0, 0.1) is 0 Å². The van der Waals surface area contributed by atoms with Crippen LogP contribution in [-0.2, 0) is 32.1 Å². The molecule has 0 saturated heterocycles. The van der Waals surface area contributed by atoms with E-state index in [-0.39, 0.29) is 0 Å². The Balaban J connectivity index is 1.61. The summed E-state index contributed by atoms with van der Waals surface area (Å²) in [6.45, 7) is 0. The van der Waals surface area contributed by atoms with Gasteiger partial charge in [-0.2, -0.15) is 0 Å². The maximum absolute atomic E-state index is 2.55. The summed E-state index contributed by atoms with van der Waals surface area (Å²) in [5.74, 6) is 0. The van der Waals surface area contributed by atoms with E-state index in [1.165, 1.54) is 60.4 Å². The molecule has 0 N–H and O–H groups in total. The Bertz CT molecular complexity index is 1190. The normalized spacial score (nSPS) is 16.6. The molecule has 0 aromatic heterocycles. The highest BCUT2D eigenvalue weighted by Gasteiger charge is 2.28. The summed E-state index contributed by atoms with van der Waals surface area (Å²) >= 11 is 0. The molecule has 0 radical (unpaired) electrons. The molecule has 4 aromatic carbocycles. The summed E-state index contributed by atoms with van der Waals surface area (Å²) in [4.78, 5) is 0. The van der Waals surface area contributed by atoms with Crippen molar-refractivity contribution in [2.24, 2.45) is 0 Å². The predicted molar refractivity (Wildman–Crippen MR) is 114 cm³/mol. The Morgan fingerprint density at radius 2 is 1.00 bits per heavy atom. The molecule has 4 aromatic rings. The van der Waals surface area contributed by atoms with Crippen LogP contribution in [0.5, 0.6) is 0 Å². The fourth-order valence-corrected chi connectivity index (χ4v) is 6.21. The van der Waals surface area contributed by atoms with Crippen LogP contribution in [-0.4, -0.2) is 0 Å². The van der Waals surface area contributed by atoms with Gasteiger partial charge in [0.25, 0.3) is 0 Å². The molecule has 3 aliphatic carbocycles. The van der Waals surface area contributed by atoms with Gasteiger partial charge in [0.15, 0.2) is 0 Å². The third-order valence-electron chi connectivity index (χ3n) is 7.31. The molecule has 27 heavy (non-hydrogen) atoms. The average Bonchev–Trinajstić information content (AvgIpc) is 3.08. The molecule has 0 bridgehead atoms. The van der Waals surface area contributed by atoms with E-state index < -0.39 is 0 Å². The van der Waals surface area contributed by atoms with E-state index in [0.717, 1.165) is 6.42 Å². The quantitative estimate of drug-likeness (QED) is 0.298. The van der Waals surface area contributed by atoms with Gasteiger partial charge in [-0.3, -0.25) is 0 Å². The molecule has 0 unspecified atom stereocenters. The fraction of sp³-hybridized carbons (Fsp3) is 0.259. The van der Waals surface area contributed by atoms with Gasteiger partial charge < -0.3 is 0 Å². The highest BCUT2D eigenvalue weighted by atomic mass is 14.3. The van der Waals surface area contributed by atoms with Gasteiger partial charge in [0.1, 0.15) is 0 Å². The minimum Gasteiger partial charge on any atom is -0.0613 e. The van der Waals surface area contributed by atoms with Crippen molar-refractivity contribution in [3.63, 3.8) is 0 Å². The molecule has 0 fully saturated rings. The van der Waals surface area contributed by atoms with Gasteiger partial charge in [-0.25, -0.2) is 0 Å². The van der Waals surface area contributed by atoms with Crippen molar-refractivity contribution in [3.8, 4) is 11.1 Å². The first kappa shape index (κ1) is 14.5. The minimum atomic E-state index is 1.10. The number of aryl methyl sites for hydroxylation is 4. The highest BCUT2D eigenvalue weighted by molar-refractivity contribution is 6.05. The lowest BCUT2D eigenvalue weighted by Gasteiger charge is -2.21. The third-order valence-corrected chi connectivity index (χ3v) is 7.31. The fourth-order valence-electron chi connectivity index (χ4n) is 6.21. The van der Waals surface area contributed by atoms with Gasteiger partial charge in [-0.15, -0.1) is 0 Å². The lowest BCUT2D eigenvalue weighted by Crippen LogP contribution is -2.03. The second-order valence-electron chi connectivity index (χ2n) is 8.69. The molecule has 0 aliphatic heterocycles. The second-order valence-corrected chi connectivity index (χ2v) is 8.69. The molecule has 0 atom stereocenters. The van der Waals surface area contributed by atoms with Crippen LogP contribution in [0.1, 0.15) is 46.2 Å². The molecule has 0 saturated carbocycles. The zero-order valence-electron chi connectivity index (χ0n) is 15.6. The summed E-state index contributed by atoms with van der Waals surface area (Å²) in [7, 11) is 0. The van der Waals surface area contributed by atoms with Crippen molar-refractivity contribution >= 4 is 21.5 Å². The van der Waals surface area contributed by atoms with Crippen LogP contribution in [0.3, 0.4) is 0 Å². The minimum absolute atomic E-state index is 1.10. The van der Waals surface area contributed by atoms with Gasteiger partial charge in [0.05, 0.1) is 0 Å². The van der Waals surface area contributed by atoms with Crippen molar-refractivity contribution in [1.82, 2.24) is 0 Å².